The van der Waals surface area contributed by atoms with Crippen LogP contribution in [0.5, 0.6) is 0 Å². The molecule has 2 nitrogen and oxygen atoms in total. The summed E-state index contributed by atoms with van der Waals surface area (Å²) in [6.45, 7) is 2.06. The van der Waals surface area contributed by atoms with Crippen LogP contribution in [0.3, 0.4) is 0 Å². The Labute approximate surface area is 131 Å². The van der Waals surface area contributed by atoms with Gasteiger partial charge in [-0.25, -0.2) is 0 Å². The number of H-pyrrole nitrogens is 1. The van der Waals surface area contributed by atoms with E-state index in [0.717, 1.165) is 33.5 Å². The van der Waals surface area contributed by atoms with Crippen molar-refractivity contribution in [1.82, 2.24) is 4.98 Å². The van der Waals surface area contributed by atoms with Crippen LogP contribution in [0.2, 0.25) is 0 Å². The molecule has 0 atom stereocenters. The van der Waals surface area contributed by atoms with Crippen LogP contribution in [0.25, 0.3) is 10.9 Å². The first-order valence-corrected chi connectivity index (χ1v) is 9.01. The molecule has 21 heavy (non-hydrogen) atoms. The van der Waals surface area contributed by atoms with Gasteiger partial charge in [-0.3, -0.25) is 4.79 Å². The molecule has 1 aliphatic rings. The minimum Gasteiger partial charge on any atom is -0.360 e. The Balaban J connectivity index is 1.79. The second kappa shape index (κ2) is 5.04. The van der Waals surface area contributed by atoms with Crippen molar-refractivity contribution in [2.45, 2.75) is 19.1 Å². The predicted molar refractivity (Wildman–Crippen MR) is 90.7 cm³/mol. The van der Waals surface area contributed by atoms with E-state index in [1.54, 1.807) is 11.3 Å². The van der Waals surface area contributed by atoms with E-state index in [9.17, 15) is 4.79 Å². The van der Waals surface area contributed by atoms with Gasteiger partial charge in [-0.1, -0.05) is 11.6 Å². The predicted octanol–water partition coefficient (Wildman–Crippen LogP) is 4.56. The molecule has 0 unspecified atom stereocenters. The number of thioether (sulfide) groups is 1. The smallest absolute Gasteiger partial charge is 0.205 e. The number of carbonyl (C=O) groups is 1. The number of aryl methyl sites for hydroxylation is 2. The number of aromatic nitrogens is 1. The van der Waals surface area contributed by atoms with Crippen LogP contribution in [0.15, 0.2) is 30.5 Å². The number of benzene rings is 1. The molecule has 0 saturated heterocycles. The Kier molecular flexibility index (Phi) is 3.16. The summed E-state index contributed by atoms with van der Waals surface area (Å²) in [6, 6.07) is 8.29. The molecule has 1 N–H and O–H groups in total. The highest BCUT2D eigenvalue weighted by Gasteiger charge is 2.20. The molecule has 106 valence electrons. The van der Waals surface area contributed by atoms with Gasteiger partial charge in [0.25, 0.3) is 0 Å². The monoisotopic (exact) mass is 313 g/mol. The molecule has 0 saturated carbocycles. The third kappa shape index (κ3) is 2.23. The lowest BCUT2D eigenvalue weighted by Gasteiger charge is -2.08. The number of carbonyl (C=O) groups excluding carboxylic acids is 1. The summed E-state index contributed by atoms with van der Waals surface area (Å²) in [6.07, 6.45) is 2.95. The van der Waals surface area contributed by atoms with Crippen LogP contribution < -0.4 is 0 Å². The van der Waals surface area contributed by atoms with Crippen LogP contribution in [0, 0.1) is 6.92 Å². The SMILES string of the molecule is Cc1ccc2[nH]cc(C(=O)c3cc4c(s3)CCSC4)c2c1. The third-order valence-electron chi connectivity index (χ3n) is 3.93. The number of fused-ring (bicyclic) bond motifs is 2. The maximum Gasteiger partial charge on any atom is 0.205 e. The zero-order valence-corrected chi connectivity index (χ0v) is 13.4. The van der Waals surface area contributed by atoms with Crippen LogP contribution in [0.1, 0.15) is 31.2 Å². The van der Waals surface area contributed by atoms with Crippen molar-refractivity contribution >= 4 is 39.8 Å². The zero-order valence-electron chi connectivity index (χ0n) is 11.7. The fourth-order valence-electron chi connectivity index (χ4n) is 2.81. The number of ketones is 1. The number of hydrogen-bond donors (Lipinski definition) is 1. The Morgan fingerprint density at radius 3 is 3.05 bits per heavy atom. The van der Waals surface area contributed by atoms with Gasteiger partial charge in [0.1, 0.15) is 0 Å². The summed E-state index contributed by atoms with van der Waals surface area (Å²) in [5, 5.41) is 1.03. The molecule has 2 aromatic heterocycles. The van der Waals surface area contributed by atoms with Crippen molar-refractivity contribution in [2.75, 3.05) is 5.75 Å². The number of aromatic amines is 1. The van der Waals surface area contributed by atoms with Crippen LogP contribution in [-0.2, 0) is 12.2 Å². The molecule has 0 amide bonds. The fourth-order valence-corrected chi connectivity index (χ4v) is 5.14. The third-order valence-corrected chi connectivity index (χ3v) is 6.18. The van der Waals surface area contributed by atoms with E-state index >= 15 is 0 Å². The first-order chi connectivity index (χ1) is 10.2. The molecule has 4 rings (SSSR count). The van der Waals surface area contributed by atoms with Crippen molar-refractivity contribution in [2.24, 2.45) is 0 Å². The fraction of sp³-hybridized carbons (Fsp3) is 0.235. The van der Waals surface area contributed by atoms with E-state index in [0.29, 0.717) is 0 Å². The van der Waals surface area contributed by atoms with Crippen molar-refractivity contribution in [1.29, 1.82) is 0 Å². The normalized spacial score (nSPS) is 14.3. The molecule has 1 aromatic carbocycles. The highest BCUT2D eigenvalue weighted by molar-refractivity contribution is 7.98. The van der Waals surface area contributed by atoms with E-state index in [2.05, 4.69) is 30.1 Å². The first-order valence-electron chi connectivity index (χ1n) is 7.04. The number of nitrogens with one attached hydrogen (secondary N) is 1. The van der Waals surface area contributed by atoms with Gasteiger partial charge in [0, 0.05) is 33.3 Å². The van der Waals surface area contributed by atoms with Gasteiger partial charge >= 0.3 is 0 Å². The quantitative estimate of drug-likeness (QED) is 0.704. The summed E-state index contributed by atoms with van der Waals surface area (Å²) < 4.78 is 0. The van der Waals surface area contributed by atoms with E-state index < -0.39 is 0 Å². The van der Waals surface area contributed by atoms with Gasteiger partial charge in [0.15, 0.2) is 0 Å². The molecular weight excluding hydrogens is 298 g/mol. The molecular formula is C17H15NOS2. The Hall–Kier alpha value is -1.52. The van der Waals surface area contributed by atoms with Crippen LogP contribution in [0.4, 0.5) is 0 Å². The van der Waals surface area contributed by atoms with E-state index in [1.807, 2.05) is 24.0 Å². The molecule has 0 fully saturated rings. The van der Waals surface area contributed by atoms with E-state index in [-0.39, 0.29) is 5.78 Å². The average molecular weight is 313 g/mol. The van der Waals surface area contributed by atoms with Crippen LogP contribution >= 0.6 is 23.1 Å². The molecule has 3 heterocycles. The Morgan fingerprint density at radius 1 is 1.29 bits per heavy atom. The van der Waals surface area contributed by atoms with Gasteiger partial charge in [-0.2, -0.15) is 11.8 Å². The van der Waals surface area contributed by atoms with Crippen molar-refractivity contribution in [3.63, 3.8) is 0 Å². The topological polar surface area (TPSA) is 32.9 Å². The molecule has 0 aliphatic carbocycles. The maximum absolute atomic E-state index is 12.8. The van der Waals surface area contributed by atoms with E-state index in [4.69, 9.17) is 0 Å². The second-order valence-corrected chi connectivity index (χ2v) is 7.68. The van der Waals surface area contributed by atoms with E-state index in [1.165, 1.54) is 21.8 Å². The van der Waals surface area contributed by atoms with Gasteiger partial charge in [-0.15, -0.1) is 11.3 Å². The summed E-state index contributed by atoms with van der Waals surface area (Å²) >= 11 is 3.63. The molecule has 0 bridgehead atoms. The van der Waals surface area contributed by atoms with Gasteiger partial charge < -0.3 is 4.98 Å². The maximum atomic E-state index is 12.8. The van der Waals surface area contributed by atoms with Gasteiger partial charge in [0.2, 0.25) is 5.78 Å². The lowest BCUT2D eigenvalue weighted by atomic mass is 10.1. The molecule has 1 aliphatic heterocycles. The Bertz CT molecular complexity index is 820. The minimum atomic E-state index is 0.149. The number of thiophene rings is 1. The average Bonchev–Trinajstić information content (AvgIpc) is 3.09. The first kappa shape index (κ1) is 13.2. The van der Waals surface area contributed by atoms with Crippen molar-refractivity contribution in [3.05, 3.63) is 56.9 Å². The molecule has 0 spiro atoms. The summed E-state index contributed by atoms with van der Waals surface area (Å²) in [5.41, 5.74) is 4.36. The number of rotatable bonds is 2. The zero-order chi connectivity index (χ0) is 14.4. The van der Waals surface area contributed by atoms with Crippen molar-refractivity contribution < 1.29 is 4.79 Å². The highest BCUT2D eigenvalue weighted by Crippen LogP contribution is 2.33. The highest BCUT2D eigenvalue weighted by atomic mass is 32.2. The Morgan fingerprint density at radius 2 is 2.19 bits per heavy atom. The largest absolute Gasteiger partial charge is 0.360 e. The lowest BCUT2D eigenvalue weighted by Crippen LogP contribution is -1.97. The standard InChI is InChI=1S/C17H15NOS2/c1-10-2-3-14-12(6-10)13(8-18-14)17(19)16-7-11-9-20-5-4-15(11)21-16/h2-3,6-8,18H,4-5,9H2,1H3. The molecule has 3 aromatic rings. The number of hydrogen-bond acceptors (Lipinski definition) is 3. The second-order valence-electron chi connectivity index (χ2n) is 5.44. The summed E-state index contributed by atoms with van der Waals surface area (Å²) in [4.78, 5) is 18.3. The minimum absolute atomic E-state index is 0.149. The van der Waals surface area contributed by atoms with Gasteiger partial charge in [-0.05, 0) is 42.9 Å². The summed E-state index contributed by atoms with van der Waals surface area (Å²) in [5.74, 6) is 2.37. The molecule has 0 radical (unpaired) electrons. The lowest BCUT2D eigenvalue weighted by molar-refractivity contribution is 0.104. The summed E-state index contributed by atoms with van der Waals surface area (Å²) in [7, 11) is 0. The van der Waals surface area contributed by atoms with Crippen molar-refractivity contribution in [3.8, 4) is 0 Å². The van der Waals surface area contributed by atoms with Crippen LogP contribution in [-0.4, -0.2) is 16.5 Å². The molecule has 4 heteroatoms. The van der Waals surface area contributed by atoms with Gasteiger partial charge in [0.05, 0.1) is 4.88 Å².